The van der Waals surface area contributed by atoms with Crippen molar-refractivity contribution in [3.8, 4) is 0 Å². The van der Waals surface area contributed by atoms with Crippen LogP contribution in [0.5, 0.6) is 0 Å². The first-order chi connectivity index (χ1) is 19.0. The number of hydrogen-bond acceptors (Lipinski definition) is 5. The molecule has 0 aliphatic carbocycles. The van der Waals surface area contributed by atoms with E-state index in [-0.39, 0.29) is 37.2 Å². The summed E-state index contributed by atoms with van der Waals surface area (Å²) in [6.45, 7) is 4.50. The lowest BCUT2D eigenvalue weighted by molar-refractivity contribution is -0.127. The Kier molecular flexibility index (Phi) is 13.7. The zero-order valence-corrected chi connectivity index (χ0v) is 23.5. The number of aliphatic hydroxyl groups excluding tert-OH is 1. The van der Waals surface area contributed by atoms with Gasteiger partial charge in [0.05, 0.1) is 12.1 Å². The minimum Gasteiger partial charge on any atom is -0.465 e. The molecule has 0 saturated carbocycles. The molecule has 8 nitrogen and oxygen atoms in total. The van der Waals surface area contributed by atoms with Gasteiger partial charge in [-0.2, -0.15) is 0 Å². The van der Waals surface area contributed by atoms with E-state index in [9.17, 15) is 33.4 Å². The van der Waals surface area contributed by atoms with Gasteiger partial charge in [0, 0.05) is 39.0 Å². The van der Waals surface area contributed by atoms with Gasteiger partial charge in [-0.05, 0) is 54.5 Å². The van der Waals surface area contributed by atoms with Crippen LogP contribution in [0.2, 0.25) is 0 Å². The third kappa shape index (κ3) is 11.0. The van der Waals surface area contributed by atoms with E-state index in [1.54, 1.807) is 0 Å². The number of unbranched alkanes of at least 4 members (excludes halogenated alkanes) is 1. The number of carbonyl (C=O) groups excluding carboxylic acids is 2. The Balaban J connectivity index is 2.18. The van der Waals surface area contributed by atoms with Gasteiger partial charge in [0.2, 0.25) is 5.91 Å². The highest BCUT2D eigenvalue weighted by Gasteiger charge is 2.31. The van der Waals surface area contributed by atoms with E-state index in [1.807, 2.05) is 31.2 Å². The minimum atomic E-state index is -1.35. The lowest BCUT2D eigenvalue weighted by atomic mass is 9.98. The van der Waals surface area contributed by atoms with E-state index in [0.29, 0.717) is 19.4 Å². The van der Waals surface area contributed by atoms with Crippen LogP contribution >= 0.6 is 0 Å². The van der Waals surface area contributed by atoms with Crippen molar-refractivity contribution < 1.29 is 33.4 Å². The first-order valence-electron chi connectivity index (χ1n) is 13.7. The Bertz CT molecular complexity index is 1110. The van der Waals surface area contributed by atoms with E-state index in [2.05, 4.69) is 17.6 Å². The van der Waals surface area contributed by atoms with Crippen molar-refractivity contribution in [2.75, 3.05) is 13.6 Å². The normalized spacial score (nSPS) is 13.3. The fraction of sp³-hybridized carbons (Fsp3) is 0.500. The topological polar surface area (TPSA) is 119 Å². The van der Waals surface area contributed by atoms with Crippen LogP contribution in [-0.2, 0) is 29.0 Å². The molecule has 10 heteroatoms. The fourth-order valence-corrected chi connectivity index (χ4v) is 4.44. The van der Waals surface area contributed by atoms with Gasteiger partial charge in [-0.1, -0.05) is 44.5 Å². The van der Waals surface area contributed by atoms with Crippen molar-refractivity contribution >= 4 is 17.8 Å². The van der Waals surface area contributed by atoms with Gasteiger partial charge < -0.3 is 20.8 Å². The van der Waals surface area contributed by atoms with E-state index < -0.39 is 41.8 Å². The van der Waals surface area contributed by atoms with Crippen molar-refractivity contribution in [3.05, 3.63) is 70.8 Å². The molecule has 2 rings (SSSR count). The van der Waals surface area contributed by atoms with Crippen molar-refractivity contribution in [2.24, 2.45) is 0 Å². The van der Waals surface area contributed by atoms with Gasteiger partial charge >= 0.3 is 6.09 Å². The van der Waals surface area contributed by atoms with Crippen LogP contribution in [0.15, 0.2) is 42.5 Å². The fourth-order valence-electron chi connectivity index (χ4n) is 4.44. The molecule has 2 aromatic carbocycles. The van der Waals surface area contributed by atoms with E-state index >= 15 is 0 Å². The quantitative estimate of drug-likeness (QED) is 0.230. The minimum absolute atomic E-state index is 0.0242. The highest BCUT2D eigenvalue weighted by atomic mass is 19.1. The molecule has 0 aromatic heterocycles. The Morgan fingerprint density at radius 2 is 1.65 bits per heavy atom. The summed E-state index contributed by atoms with van der Waals surface area (Å²) in [5, 5.41) is 26.4. The maximum atomic E-state index is 13.9. The third-order valence-corrected chi connectivity index (χ3v) is 6.83. The molecule has 40 heavy (non-hydrogen) atoms. The molecule has 3 atom stereocenters. The average Bonchev–Trinajstić information content (AvgIpc) is 2.90. The molecule has 2 amide bonds. The second-order valence-corrected chi connectivity index (χ2v) is 10.1. The molecule has 0 fully saturated rings. The van der Waals surface area contributed by atoms with Crippen LogP contribution in [0.4, 0.5) is 13.6 Å². The number of ketones is 1. The lowest BCUT2D eigenvalue weighted by Gasteiger charge is -2.30. The number of carboxylic acid groups (broad SMARTS) is 1. The number of nitrogens with zero attached hydrogens (tertiary/aromatic N) is 1. The first kappa shape index (κ1) is 32.8. The highest BCUT2D eigenvalue weighted by Crippen LogP contribution is 2.15. The zero-order chi connectivity index (χ0) is 29.7. The maximum absolute atomic E-state index is 13.9. The molecule has 0 heterocycles. The second-order valence-electron chi connectivity index (χ2n) is 10.1. The molecular formula is C30H41F2N3O5. The predicted molar refractivity (Wildman–Crippen MR) is 149 cm³/mol. The van der Waals surface area contributed by atoms with Crippen molar-refractivity contribution in [1.29, 1.82) is 0 Å². The van der Waals surface area contributed by atoms with Gasteiger partial charge in [0.1, 0.15) is 23.5 Å². The number of nitrogens with one attached hydrogen (secondary N) is 2. The number of amides is 2. The molecule has 0 radical (unpaired) electrons. The predicted octanol–water partition coefficient (Wildman–Crippen LogP) is 4.22. The molecule has 2 aromatic rings. The first-order valence-corrected chi connectivity index (χ1v) is 13.7. The molecule has 220 valence electrons. The molecule has 0 unspecified atom stereocenters. The highest BCUT2D eigenvalue weighted by molar-refractivity contribution is 5.86. The number of hydrogen-bond donors (Lipinski definition) is 4. The molecule has 0 spiro atoms. The Morgan fingerprint density at radius 3 is 2.27 bits per heavy atom. The van der Waals surface area contributed by atoms with Gasteiger partial charge in [-0.15, -0.1) is 0 Å². The van der Waals surface area contributed by atoms with Crippen LogP contribution in [-0.4, -0.2) is 64.7 Å². The third-order valence-electron chi connectivity index (χ3n) is 6.83. The van der Waals surface area contributed by atoms with Crippen LogP contribution < -0.4 is 10.6 Å². The number of likely N-dealkylation sites (N-methyl/N-ethyl adjacent to an activating group) is 1. The number of halogens is 2. The monoisotopic (exact) mass is 561 g/mol. The molecule has 4 N–H and O–H groups in total. The van der Waals surface area contributed by atoms with Crippen LogP contribution in [0.1, 0.15) is 62.6 Å². The smallest absolute Gasteiger partial charge is 0.407 e. The van der Waals surface area contributed by atoms with Crippen molar-refractivity contribution in [3.63, 3.8) is 0 Å². The number of Topliss-reactive ketones (excluding diaryl/α,β-unsaturated/α-hetero) is 1. The number of benzene rings is 2. The number of aryl methyl sites for hydroxylation is 1. The van der Waals surface area contributed by atoms with E-state index in [0.717, 1.165) is 41.5 Å². The summed E-state index contributed by atoms with van der Waals surface area (Å²) in [6.07, 6.45) is 0.144. The summed E-state index contributed by atoms with van der Waals surface area (Å²) in [6, 6.07) is 8.73. The maximum Gasteiger partial charge on any atom is 0.407 e. The van der Waals surface area contributed by atoms with Crippen LogP contribution in [0, 0.1) is 11.6 Å². The van der Waals surface area contributed by atoms with Crippen molar-refractivity contribution in [1.82, 2.24) is 15.5 Å². The Morgan fingerprint density at radius 1 is 0.975 bits per heavy atom. The lowest BCUT2D eigenvalue weighted by Crippen LogP contribution is -2.55. The summed E-state index contributed by atoms with van der Waals surface area (Å²) in [7, 11) is 1.24. The van der Waals surface area contributed by atoms with Crippen LogP contribution in [0.25, 0.3) is 0 Å². The summed E-state index contributed by atoms with van der Waals surface area (Å²) in [4.78, 5) is 38.0. The van der Waals surface area contributed by atoms with E-state index in [4.69, 9.17) is 0 Å². The standard InChI is InChI=1S/C30H41F2N3O5/c1-4-6-10-25(36)11-12-27(35(3)30(39)40)29(38)34-26(16-22-14-23(31)17-24(32)15-22)28(37)19-33-18-21-9-7-8-20(5-2)13-21/h7-9,13-15,17,26-28,33,37H,4-6,10-12,16,18-19H2,1-3H3,(H,34,38)(H,39,40)/t26-,27+,28+/m0/s1. The van der Waals surface area contributed by atoms with Gasteiger partial charge in [0.15, 0.2) is 0 Å². The Hall–Kier alpha value is -3.37. The summed E-state index contributed by atoms with van der Waals surface area (Å²) >= 11 is 0. The molecule has 0 bridgehead atoms. The molecular weight excluding hydrogens is 520 g/mol. The van der Waals surface area contributed by atoms with Gasteiger partial charge in [0.25, 0.3) is 0 Å². The molecule has 0 aliphatic rings. The summed E-state index contributed by atoms with van der Waals surface area (Å²) in [5.74, 6) is -2.36. The number of aliphatic hydroxyl groups is 1. The number of rotatable bonds is 17. The second kappa shape index (κ2) is 16.7. The molecule has 0 aliphatic heterocycles. The zero-order valence-electron chi connectivity index (χ0n) is 23.5. The average molecular weight is 562 g/mol. The van der Waals surface area contributed by atoms with Gasteiger partial charge in [-0.3, -0.25) is 14.5 Å². The summed E-state index contributed by atoms with van der Waals surface area (Å²) < 4.78 is 27.8. The molecule has 0 saturated heterocycles. The number of carbonyl (C=O) groups is 3. The van der Waals surface area contributed by atoms with E-state index in [1.165, 1.54) is 12.6 Å². The summed E-state index contributed by atoms with van der Waals surface area (Å²) in [5.41, 5.74) is 2.39. The van der Waals surface area contributed by atoms with Gasteiger partial charge in [-0.25, -0.2) is 13.6 Å². The largest absolute Gasteiger partial charge is 0.465 e. The van der Waals surface area contributed by atoms with Crippen molar-refractivity contribution in [2.45, 2.75) is 83.5 Å². The Labute approximate surface area is 234 Å². The van der Waals surface area contributed by atoms with Crippen LogP contribution in [0.3, 0.4) is 0 Å². The SMILES string of the molecule is CCCCC(=O)CC[C@H](C(=O)N[C@@H](Cc1cc(F)cc(F)c1)[C@H](O)CNCc1cccc(CC)c1)N(C)C(=O)O.